The van der Waals surface area contributed by atoms with Gasteiger partial charge in [-0.25, -0.2) is 4.68 Å². The van der Waals surface area contributed by atoms with Crippen LogP contribution in [0, 0.1) is 5.92 Å². The van der Waals surface area contributed by atoms with Crippen molar-refractivity contribution in [3.05, 3.63) is 17.3 Å². The molecule has 18 nitrogen and oxygen atoms in total. The number of fused-ring (bicyclic) bond motifs is 1. The van der Waals surface area contributed by atoms with Crippen LogP contribution >= 0.6 is 19.2 Å². The van der Waals surface area contributed by atoms with Crippen molar-refractivity contribution in [2.24, 2.45) is 5.92 Å². The molecule has 44 heavy (non-hydrogen) atoms. The van der Waals surface area contributed by atoms with Gasteiger partial charge in [0.1, 0.15) is 30.7 Å². The molecule has 2 saturated carbocycles. The van der Waals surface area contributed by atoms with Crippen LogP contribution in [0.3, 0.4) is 0 Å². The molecule has 0 unspecified atom stereocenters. The van der Waals surface area contributed by atoms with Crippen LogP contribution in [-0.4, -0.2) is 116 Å². The zero-order valence-electron chi connectivity index (χ0n) is 23.6. The maximum Gasteiger partial charge on any atom is 0.361 e. The molecule has 5 atom stereocenters. The molecule has 242 valence electrons. The topological polar surface area (TPSA) is 245 Å². The Kier molecular flexibility index (Phi) is 9.45. The Bertz CT molecular complexity index is 1450. The molecule has 3 aromatic heterocycles. The number of nitrogens with one attached hydrogen (secondary N) is 2. The molecule has 3 fully saturated rings. The molecule has 20 heteroatoms. The number of anilines is 1. The van der Waals surface area contributed by atoms with E-state index in [-0.39, 0.29) is 29.4 Å². The van der Waals surface area contributed by atoms with Crippen LogP contribution in [0.2, 0.25) is 5.28 Å². The summed E-state index contributed by atoms with van der Waals surface area (Å²) in [5.74, 6) is 0.987. The van der Waals surface area contributed by atoms with Crippen molar-refractivity contribution in [1.29, 1.82) is 0 Å². The van der Waals surface area contributed by atoms with Crippen LogP contribution in [0.15, 0.2) is 6.20 Å². The number of rotatable bonds is 15. The van der Waals surface area contributed by atoms with E-state index in [0.29, 0.717) is 23.7 Å². The number of aliphatic hydroxyl groups excluding tert-OH is 2. The van der Waals surface area contributed by atoms with Gasteiger partial charge in [0.2, 0.25) is 10.6 Å². The summed E-state index contributed by atoms with van der Waals surface area (Å²) in [6, 6.07) is 0.239. The highest BCUT2D eigenvalue weighted by molar-refractivity contribution is 7.53. The predicted molar refractivity (Wildman–Crippen MR) is 150 cm³/mol. The highest BCUT2D eigenvalue weighted by Crippen LogP contribution is 2.52. The molecule has 6 N–H and O–H groups in total. The van der Waals surface area contributed by atoms with Gasteiger partial charge in [-0.15, -0.1) is 10.2 Å². The van der Waals surface area contributed by atoms with Crippen LogP contribution in [-0.2, 0) is 30.1 Å². The largest absolute Gasteiger partial charge is 0.387 e. The molecule has 4 heterocycles. The van der Waals surface area contributed by atoms with Crippen molar-refractivity contribution in [1.82, 2.24) is 40.4 Å². The van der Waals surface area contributed by atoms with Gasteiger partial charge < -0.3 is 44.3 Å². The molecular formula is C24H35ClN9O9P. The number of tetrazole rings is 1. The summed E-state index contributed by atoms with van der Waals surface area (Å²) in [5, 5.41) is 41.1. The van der Waals surface area contributed by atoms with E-state index in [0.717, 1.165) is 38.5 Å². The van der Waals surface area contributed by atoms with Crippen molar-refractivity contribution in [2.75, 3.05) is 31.7 Å². The Morgan fingerprint density at radius 2 is 1.89 bits per heavy atom. The van der Waals surface area contributed by atoms with Crippen LogP contribution in [0.25, 0.3) is 11.0 Å². The van der Waals surface area contributed by atoms with E-state index in [1.54, 1.807) is 0 Å². The molecule has 3 aliphatic rings. The minimum Gasteiger partial charge on any atom is -0.387 e. The molecule has 0 aromatic carbocycles. The Labute approximate surface area is 255 Å². The second-order valence-electron chi connectivity index (χ2n) is 11.4. The van der Waals surface area contributed by atoms with Gasteiger partial charge in [-0.3, -0.25) is 4.57 Å². The molecule has 1 aliphatic heterocycles. The number of aromatic amines is 1. The Morgan fingerprint density at radius 3 is 2.59 bits per heavy atom. The van der Waals surface area contributed by atoms with E-state index >= 15 is 0 Å². The second kappa shape index (κ2) is 13.2. The van der Waals surface area contributed by atoms with Crippen molar-refractivity contribution < 1.29 is 43.5 Å². The fourth-order valence-electron chi connectivity index (χ4n) is 5.36. The minimum atomic E-state index is -5.06. The number of aromatic nitrogens is 8. The maximum atomic E-state index is 12.8. The number of hydrogen-bond donors (Lipinski definition) is 6. The van der Waals surface area contributed by atoms with Gasteiger partial charge in [0.05, 0.1) is 31.4 Å². The summed E-state index contributed by atoms with van der Waals surface area (Å²) in [4.78, 5) is 29.4. The van der Waals surface area contributed by atoms with Crippen molar-refractivity contribution in [2.45, 2.75) is 81.1 Å². The molecule has 2 aliphatic carbocycles. The summed E-state index contributed by atoms with van der Waals surface area (Å²) in [5.41, 5.74) is 0.274. The second-order valence-corrected chi connectivity index (χ2v) is 13.7. The van der Waals surface area contributed by atoms with Crippen LogP contribution in [0.5, 0.6) is 0 Å². The summed E-state index contributed by atoms with van der Waals surface area (Å²) in [7, 11) is -5.06. The number of aliphatic hydroxyl groups is 2. The van der Waals surface area contributed by atoms with Crippen molar-refractivity contribution >= 4 is 36.0 Å². The highest BCUT2D eigenvalue weighted by Gasteiger charge is 2.52. The van der Waals surface area contributed by atoms with Crippen molar-refractivity contribution in [3.8, 4) is 0 Å². The first-order valence-electron chi connectivity index (χ1n) is 14.4. The average molecular weight is 660 g/mol. The normalized spacial score (nSPS) is 26.0. The zero-order chi connectivity index (χ0) is 30.9. The lowest BCUT2D eigenvalue weighted by molar-refractivity contribution is -0.139. The van der Waals surface area contributed by atoms with Crippen LogP contribution in [0.4, 0.5) is 5.82 Å². The molecule has 0 spiro atoms. The van der Waals surface area contributed by atoms with E-state index in [1.165, 1.54) is 10.9 Å². The lowest BCUT2D eigenvalue weighted by Crippen LogP contribution is -2.46. The molecule has 3 aromatic rings. The summed E-state index contributed by atoms with van der Waals surface area (Å²) in [6.45, 7) is -1.52. The third-order valence-electron chi connectivity index (χ3n) is 8.07. The Balaban J connectivity index is 1.18. The first-order valence-corrected chi connectivity index (χ1v) is 16.4. The minimum absolute atomic E-state index is 0.0360. The van der Waals surface area contributed by atoms with Crippen LogP contribution < -0.4 is 5.32 Å². The smallest absolute Gasteiger partial charge is 0.361 e. The first-order chi connectivity index (χ1) is 21.1. The first kappa shape index (κ1) is 31.6. The Hall–Kier alpha value is -2.38. The molecule has 1 saturated heterocycles. The van der Waals surface area contributed by atoms with Crippen LogP contribution in [0.1, 0.15) is 50.6 Å². The fourth-order valence-corrected chi connectivity index (χ4v) is 6.28. The number of hydrogen-bond acceptors (Lipinski definition) is 14. The molecule has 6 rings (SSSR count). The summed E-state index contributed by atoms with van der Waals surface area (Å²) >= 11 is 6.23. The van der Waals surface area contributed by atoms with Gasteiger partial charge >= 0.3 is 7.60 Å². The maximum absolute atomic E-state index is 12.8. The zero-order valence-corrected chi connectivity index (χ0v) is 25.3. The van der Waals surface area contributed by atoms with E-state index in [2.05, 4.69) is 41.0 Å². The monoisotopic (exact) mass is 659 g/mol. The van der Waals surface area contributed by atoms with Gasteiger partial charge in [0.15, 0.2) is 17.7 Å². The lowest BCUT2D eigenvalue weighted by atomic mass is 10.1. The Morgan fingerprint density at radius 1 is 1.11 bits per heavy atom. The highest BCUT2D eigenvalue weighted by atomic mass is 35.5. The fraction of sp³-hybridized carbons (Fsp3) is 0.750. The van der Waals surface area contributed by atoms with Gasteiger partial charge in [-0.05, 0) is 43.2 Å². The molecule has 0 bridgehead atoms. The predicted octanol–water partition coefficient (Wildman–Crippen LogP) is 0.500. The molecule has 0 radical (unpaired) electrons. The molecule has 0 amide bonds. The van der Waals surface area contributed by atoms with Gasteiger partial charge in [0, 0.05) is 12.6 Å². The van der Waals surface area contributed by atoms with Crippen molar-refractivity contribution in [3.63, 3.8) is 0 Å². The quantitative estimate of drug-likeness (QED) is 0.0960. The average Bonchev–Trinajstić information content (AvgIpc) is 3.37. The van der Waals surface area contributed by atoms with Gasteiger partial charge in [0.25, 0.3) is 0 Å². The number of H-pyrrole nitrogens is 1. The number of nitrogens with zero attached hydrogens (tertiary/aromatic N) is 7. The third kappa shape index (κ3) is 6.89. The standard InChI is InChI=1S/C24H35ClN9O9P/c25-23-28-20(27-14-3-1-2-4-14)15-7-26-34(21(15)29-23)22-19(36)18(35)16(43-22)9-42-24(44(37,38)39,11-40-8-13-5-6-13)12-41-10-17-30-32-33-31-17/h7,13-14,16,18-19,22,35-36H,1-6,8-12H2,(H,27,28,29)(H2,37,38,39)(H,30,31,32,33)/t16-,18-,19-,22-,24+/m1/s1. The number of ether oxygens (including phenoxy) is 4. The van der Waals surface area contributed by atoms with E-state index in [4.69, 9.17) is 30.5 Å². The third-order valence-corrected chi connectivity index (χ3v) is 9.69. The lowest BCUT2D eigenvalue weighted by Gasteiger charge is -2.34. The van der Waals surface area contributed by atoms with E-state index in [9.17, 15) is 24.6 Å². The van der Waals surface area contributed by atoms with E-state index < -0.39 is 57.3 Å². The number of halogens is 1. The summed E-state index contributed by atoms with van der Waals surface area (Å²) < 4.78 is 37.1. The van der Waals surface area contributed by atoms with E-state index in [1.807, 2.05) is 0 Å². The molecular weight excluding hydrogens is 625 g/mol. The SMILES string of the molecule is O=P(O)(O)[C@](COCc1nn[nH]n1)(COCC1CC1)OC[C@H]1O[C@@H](n2ncc3c(NC4CCCC4)nc(Cl)nc32)[C@H](O)[C@@H]1O. The van der Waals surface area contributed by atoms with Gasteiger partial charge in [-0.2, -0.15) is 20.3 Å². The summed E-state index contributed by atoms with van der Waals surface area (Å²) in [6.07, 6.45) is 2.26. The van der Waals surface area contributed by atoms with Gasteiger partial charge in [-0.1, -0.05) is 18.1 Å².